The molecule has 4 heteroatoms. The Bertz CT molecular complexity index is 877. The van der Waals surface area contributed by atoms with Gasteiger partial charge in [0.25, 0.3) is 0 Å². The molecule has 1 heterocycles. The lowest BCUT2D eigenvalue weighted by molar-refractivity contribution is 0.627. The summed E-state index contributed by atoms with van der Waals surface area (Å²) in [6, 6.07) is 13.1. The standard InChI is InChI=1S/C18H17FN2S/c1-3-12-5-4-6-13(10-12)17-16(18(22)21-20-17)15-8-7-14(19)9-11(15)2/h4-10H,3H2,1-2H3,(H2,20,21,22). The van der Waals surface area contributed by atoms with Gasteiger partial charge in [0.15, 0.2) is 0 Å². The third kappa shape index (κ3) is 2.62. The van der Waals surface area contributed by atoms with Crippen LogP contribution in [-0.2, 0) is 6.42 Å². The van der Waals surface area contributed by atoms with Crippen LogP contribution in [0.15, 0.2) is 42.5 Å². The zero-order valence-corrected chi connectivity index (χ0v) is 13.4. The van der Waals surface area contributed by atoms with E-state index in [1.807, 2.05) is 13.0 Å². The van der Waals surface area contributed by atoms with Crippen molar-refractivity contribution in [2.75, 3.05) is 0 Å². The Labute approximate surface area is 134 Å². The first kappa shape index (κ1) is 14.7. The molecule has 0 bridgehead atoms. The fourth-order valence-corrected chi connectivity index (χ4v) is 2.95. The van der Waals surface area contributed by atoms with Gasteiger partial charge in [0.05, 0.1) is 5.69 Å². The number of rotatable bonds is 3. The van der Waals surface area contributed by atoms with Gasteiger partial charge in [0.1, 0.15) is 10.5 Å². The largest absolute Gasteiger partial charge is 0.299 e. The van der Waals surface area contributed by atoms with Crippen LogP contribution in [0.2, 0.25) is 0 Å². The van der Waals surface area contributed by atoms with Crippen molar-refractivity contribution in [2.45, 2.75) is 20.3 Å². The molecule has 2 N–H and O–H groups in total. The normalized spacial score (nSPS) is 10.9. The van der Waals surface area contributed by atoms with Crippen LogP contribution in [0.3, 0.4) is 0 Å². The molecule has 0 aliphatic carbocycles. The average Bonchev–Trinajstić information content (AvgIpc) is 2.89. The lowest BCUT2D eigenvalue weighted by atomic mass is 9.97. The molecule has 0 spiro atoms. The third-order valence-electron chi connectivity index (χ3n) is 3.86. The zero-order chi connectivity index (χ0) is 15.7. The van der Waals surface area contributed by atoms with Crippen LogP contribution < -0.4 is 0 Å². The van der Waals surface area contributed by atoms with E-state index in [0.717, 1.165) is 34.4 Å². The summed E-state index contributed by atoms with van der Waals surface area (Å²) in [5, 5.41) is 6.17. The molecule has 1 aromatic heterocycles. The number of benzene rings is 2. The zero-order valence-electron chi connectivity index (χ0n) is 12.5. The first-order valence-electron chi connectivity index (χ1n) is 7.26. The van der Waals surface area contributed by atoms with Gasteiger partial charge in [-0.2, -0.15) is 0 Å². The summed E-state index contributed by atoms with van der Waals surface area (Å²) in [6.45, 7) is 4.02. The van der Waals surface area contributed by atoms with Crippen LogP contribution in [-0.4, -0.2) is 10.2 Å². The summed E-state index contributed by atoms with van der Waals surface area (Å²) in [5.41, 5.74) is 6.01. The van der Waals surface area contributed by atoms with E-state index in [9.17, 15) is 4.39 Å². The second-order valence-electron chi connectivity index (χ2n) is 5.34. The van der Waals surface area contributed by atoms with Gasteiger partial charge in [-0.25, -0.2) is 4.39 Å². The minimum atomic E-state index is -0.235. The molecule has 3 aromatic rings. The smallest absolute Gasteiger partial charge is 0.127 e. The SMILES string of the molecule is CCc1cccc(-c2[nH][nH]c(=S)c2-c2ccc(F)cc2C)c1. The first-order valence-corrected chi connectivity index (χ1v) is 7.67. The van der Waals surface area contributed by atoms with Gasteiger partial charge in [-0.15, -0.1) is 0 Å². The fraction of sp³-hybridized carbons (Fsp3) is 0.167. The van der Waals surface area contributed by atoms with Gasteiger partial charge in [-0.3, -0.25) is 10.2 Å². The van der Waals surface area contributed by atoms with Gasteiger partial charge in [0.2, 0.25) is 0 Å². The van der Waals surface area contributed by atoms with Crippen LogP contribution in [0.5, 0.6) is 0 Å². The number of aryl methyl sites for hydroxylation is 2. The van der Waals surface area contributed by atoms with Gasteiger partial charge < -0.3 is 0 Å². The van der Waals surface area contributed by atoms with Crippen molar-refractivity contribution in [3.8, 4) is 22.4 Å². The summed E-state index contributed by atoms with van der Waals surface area (Å²) in [7, 11) is 0. The summed E-state index contributed by atoms with van der Waals surface area (Å²) in [5.74, 6) is -0.235. The minimum Gasteiger partial charge on any atom is -0.299 e. The van der Waals surface area contributed by atoms with Crippen molar-refractivity contribution in [1.29, 1.82) is 0 Å². The van der Waals surface area contributed by atoms with Gasteiger partial charge in [0, 0.05) is 11.1 Å². The Morgan fingerprint density at radius 2 is 1.91 bits per heavy atom. The number of aromatic amines is 2. The molecule has 0 saturated carbocycles. The fourth-order valence-electron chi connectivity index (χ4n) is 2.69. The molecule has 0 fully saturated rings. The van der Waals surface area contributed by atoms with Gasteiger partial charge in [-0.1, -0.05) is 43.4 Å². The van der Waals surface area contributed by atoms with Crippen molar-refractivity contribution in [3.05, 3.63) is 64.0 Å². The topological polar surface area (TPSA) is 31.6 Å². The van der Waals surface area contributed by atoms with Crippen LogP contribution in [0, 0.1) is 17.4 Å². The average molecular weight is 312 g/mol. The number of hydrogen-bond acceptors (Lipinski definition) is 1. The highest BCUT2D eigenvalue weighted by atomic mass is 32.1. The lowest BCUT2D eigenvalue weighted by Gasteiger charge is -2.08. The van der Waals surface area contributed by atoms with E-state index in [4.69, 9.17) is 12.2 Å². The molecule has 0 unspecified atom stereocenters. The van der Waals surface area contributed by atoms with Crippen LogP contribution in [0.4, 0.5) is 4.39 Å². The second-order valence-corrected chi connectivity index (χ2v) is 5.75. The second kappa shape index (κ2) is 5.89. The maximum Gasteiger partial charge on any atom is 0.127 e. The van der Waals surface area contributed by atoms with Crippen LogP contribution in [0.1, 0.15) is 18.1 Å². The van der Waals surface area contributed by atoms with Crippen molar-refractivity contribution < 1.29 is 4.39 Å². The number of H-pyrrole nitrogens is 2. The van der Waals surface area contributed by atoms with E-state index in [-0.39, 0.29) is 5.82 Å². The number of nitrogens with one attached hydrogen (secondary N) is 2. The summed E-state index contributed by atoms with van der Waals surface area (Å²) >= 11 is 5.43. The molecule has 2 nitrogen and oxygen atoms in total. The molecular weight excluding hydrogens is 295 g/mol. The first-order chi connectivity index (χ1) is 10.6. The molecule has 0 aliphatic heterocycles. The maximum absolute atomic E-state index is 13.4. The van der Waals surface area contributed by atoms with Crippen LogP contribution >= 0.6 is 12.2 Å². The highest BCUT2D eigenvalue weighted by Gasteiger charge is 2.14. The quantitative estimate of drug-likeness (QED) is 0.622. The third-order valence-corrected chi connectivity index (χ3v) is 4.17. The molecule has 112 valence electrons. The molecule has 3 rings (SSSR count). The Hall–Kier alpha value is -2.20. The molecule has 0 amide bonds. The Morgan fingerprint density at radius 3 is 2.64 bits per heavy atom. The highest BCUT2D eigenvalue weighted by Crippen LogP contribution is 2.33. The van der Waals surface area contributed by atoms with E-state index in [2.05, 4.69) is 35.3 Å². The predicted molar refractivity (Wildman–Crippen MR) is 90.9 cm³/mol. The Morgan fingerprint density at radius 1 is 1.09 bits per heavy atom. The summed E-state index contributed by atoms with van der Waals surface area (Å²) in [6.07, 6.45) is 0.976. The molecule has 0 atom stereocenters. The van der Waals surface area contributed by atoms with E-state index in [0.29, 0.717) is 4.64 Å². The maximum atomic E-state index is 13.4. The number of hydrogen-bond donors (Lipinski definition) is 2. The molecule has 0 aliphatic rings. The van der Waals surface area contributed by atoms with Crippen molar-refractivity contribution in [3.63, 3.8) is 0 Å². The van der Waals surface area contributed by atoms with Crippen molar-refractivity contribution in [1.82, 2.24) is 10.2 Å². The number of halogens is 1. The number of aromatic nitrogens is 2. The van der Waals surface area contributed by atoms with E-state index in [1.54, 1.807) is 6.07 Å². The monoisotopic (exact) mass is 312 g/mol. The van der Waals surface area contributed by atoms with E-state index < -0.39 is 0 Å². The van der Waals surface area contributed by atoms with Gasteiger partial charge >= 0.3 is 0 Å². The predicted octanol–water partition coefficient (Wildman–Crippen LogP) is 5.42. The molecule has 2 aromatic carbocycles. The van der Waals surface area contributed by atoms with E-state index >= 15 is 0 Å². The molecule has 0 saturated heterocycles. The Kier molecular flexibility index (Phi) is 3.94. The minimum absolute atomic E-state index is 0.235. The summed E-state index contributed by atoms with van der Waals surface area (Å²) in [4.78, 5) is 0. The van der Waals surface area contributed by atoms with Gasteiger partial charge in [-0.05, 0) is 48.2 Å². The summed E-state index contributed by atoms with van der Waals surface area (Å²) < 4.78 is 14.0. The Balaban J connectivity index is 2.21. The van der Waals surface area contributed by atoms with Crippen molar-refractivity contribution in [2.24, 2.45) is 0 Å². The van der Waals surface area contributed by atoms with Crippen LogP contribution in [0.25, 0.3) is 22.4 Å². The highest BCUT2D eigenvalue weighted by molar-refractivity contribution is 7.71. The van der Waals surface area contributed by atoms with Crippen molar-refractivity contribution >= 4 is 12.2 Å². The van der Waals surface area contributed by atoms with E-state index in [1.165, 1.54) is 17.7 Å². The molecule has 22 heavy (non-hydrogen) atoms. The lowest BCUT2D eigenvalue weighted by Crippen LogP contribution is -1.89. The molecule has 0 radical (unpaired) electrons. The molecular formula is C18H17FN2S.